The summed E-state index contributed by atoms with van der Waals surface area (Å²) in [6.45, 7) is 6.26. The summed E-state index contributed by atoms with van der Waals surface area (Å²) in [5, 5.41) is 11.7. The summed E-state index contributed by atoms with van der Waals surface area (Å²) >= 11 is 0. The number of carboxylic acids is 1. The first-order valence-electron chi connectivity index (χ1n) is 6.27. The summed E-state index contributed by atoms with van der Waals surface area (Å²) in [6, 6.07) is 3.46. The van der Waals surface area contributed by atoms with Crippen molar-refractivity contribution in [2.24, 2.45) is 0 Å². The lowest BCUT2D eigenvalue weighted by atomic mass is 10.0. The highest BCUT2D eigenvalue weighted by atomic mass is 16.4. The van der Waals surface area contributed by atoms with Gasteiger partial charge in [-0.1, -0.05) is 17.7 Å². The molecular weight excluding hydrogens is 244 g/mol. The van der Waals surface area contributed by atoms with E-state index in [0.29, 0.717) is 6.54 Å². The molecule has 1 heterocycles. The molecule has 0 aliphatic carbocycles. The zero-order valence-electron chi connectivity index (χ0n) is 11.4. The largest absolute Gasteiger partial charge is 0.481 e. The molecule has 2 rings (SSSR count). The van der Waals surface area contributed by atoms with Gasteiger partial charge in [0.2, 0.25) is 0 Å². The van der Waals surface area contributed by atoms with E-state index in [0.717, 1.165) is 22.4 Å². The van der Waals surface area contributed by atoms with Crippen LogP contribution in [0, 0.1) is 20.8 Å². The molecule has 1 atom stereocenters. The van der Waals surface area contributed by atoms with Crippen LogP contribution in [0.5, 0.6) is 0 Å². The van der Waals surface area contributed by atoms with Gasteiger partial charge in [-0.15, -0.1) is 0 Å². The molecule has 0 saturated carbocycles. The molecule has 0 spiro atoms. The number of urea groups is 1. The Kier molecular flexibility index (Phi) is 3.46. The second-order valence-corrected chi connectivity index (χ2v) is 5.06. The predicted octanol–water partition coefficient (Wildman–Crippen LogP) is 1.98. The van der Waals surface area contributed by atoms with Crippen molar-refractivity contribution >= 4 is 17.7 Å². The average Bonchev–Trinajstić information content (AvgIpc) is 2.59. The van der Waals surface area contributed by atoms with Gasteiger partial charge in [0.1, 0.15) is 0 Å². The topological polar surface area (TPSA) is 69.6 Å². The number of carbonyl (C=O) groups is 2. The van der Waals surface area contributed by atoms with Gasteiger partial charge in [-0.05, 0) is 31.9 Å². The van der Waals surface area contributed by atoms with Crippen LogP contribution < -0.4 is 10.2 Å². The Hall–Kier alpha value is -2.04. The van der Waals surface area contributed by atoms with Crippen molar-refractivity contribution in [2.75, 3.05) is 11.4 Å². The van der Waals surface area contributed by atoms with Crippen LogP contribution in [0.15, 0.2) is 12.1 Å². The molecule has 1 aromatic carbocycles. The second kappa shape index (κ2) is 4.91. The van der Waals surface area contributed by atoms with Crippen LogP contribution in [0.2, 0.25) is 0 Å². The number of hydrogen-bond donors (Lipinski definition) is 2. The SMILES string of the molecule is Cc1cc(C)c(N2C(=O)NCC2CC(=O)O)c(C)c1. The predicted molar refractivity (Wildman–Crippen MR) is 72.6 cm³/mol. The standard InChI is InChI=1S/C14H18N2O3/c1-8-4-9(2)13(10(3)5-8)16-11(6-12(17)18)7-15-14(16)19/h4-5,11H,6-7H2,1-3H3,(H,15,19)(H,17,18). The lowest BCUT2D eigenvalue weighted by Crippen LogP contribution is -2.36. The lowest BCUT2D eigenvalue weighted by molar-refractivity contribution is -0.137. The van der Waals surface area contributed by atoms with Gasteiger partial charge in [-0.25, -0.2) is 4.79 Å². The number of rotatable bonds is 3. The van der Waals surface area contributed by atoms with Crippen molar-refractivity contribution in [3.8, 4) is 0 Å². The maximum Gasteiger partial charge on any atom is 0.322 e. The van der Waals surface area contributed by atoms with Gasteiger partial charge in [-0.2, -0.15) is 0 Å². The lowest BCUT2D eigenvalue weighted by Gasteiger charge is -2.26. The Morgan fingerprint density at radius 2 is 1.95 bits per heavy atom. The van der Waals surface area contributed by atoms with Crippen LogP contribution in [0.1, 0.15) is 23.1 Å². The van der Waals surface area contributed by atoms with Gasteiger partial charge in [0.15, 0.2) is 0 Å². The summed E-state index contributed by atoms with van der Waals surface area (Å²) in [7, 11) is 0. The van der Waals surface area contributed by atoms with Gasteiger partial charge in [-0.3, -0.25) is 9.69 Å². The molecule has 1 aliphatic heterocycles. The normalized spacial score (nSPS) is 18.6. The Balaban J connectivity index is 2.43. The highest BCUT2D eigenvalue weighted by Gasteiger charge is 2.34. The van der Waals surface area contributed by atoms with E-state index in [1.54, 1.807) is 4.90 Å². The van der Waals surface area contributed by atoms with Crippen molar-refractivity contribution in [1.82, 2.24) is 5.32 Å². The fourth-order valence-corrected chi connectivity index (χ4v) is 2.75. The minimum absolute atomic E-state index is 0.0501. The average molecular weight is 262 g/mol. The van der Waals surface area contributed by atoms with E-state index in [4.69, 9.17) is 5.11 Å². The number of aryl methyl sites for hydroxylation is 3. The molecule has 0 radical (unpaired) electrons. The van der Waals surface area contributed by atoms with Crippen molar-refractivity contribution in [1.29, 1.82) is 0 Å². The molecule has 0 aromatic heterocycles. The second-order valence-electron chi connectivity index (χ2n) is 5.06. The zero-order chi connectivity index (χ0) is 14.2. The van der Waals surface area contributed by atoms with Crippen molar-refractivity contribution in [3.05, 3.63) is 28.8 Å². The fraction of sp³-hybridized carbons (Fsp3) is 0.429. The number of amides is 2. The maximum absolute atomic E-state index is 12.0. The first-order valence-corrected chi connectivity index (χ1v) is 6.27. The first-order chi connectivity index (χ1) is 8.90. The first kappa shape index (κ1) is 13.4. The van der Waals surface area contributed by atoms with Crippen molar-refractivity contribution in [3.63, 3.8) is 0 Å². The molecule has 1 fully saturated rings. The third-order valence-corrected chi connectivity index (χ3v) is 3.36. The maximum atomic E-state index is 12.0. The quantitative estimate of drug-likeness (QED) is 0.875. The molecule has 0 bridgehead atoms. The highest BCUT2D eigenvalue weighted by Crippen LogP contribution is 2.30. The minimum Gasteiger partial charge on any atom is -0.481 e. The number of benzene rings is 1. The molecule has 2 N–H and O–H groups in total. The van der Waals surface area contributed by atoms with Crippen LogP contribution in [0.4, 0.5) is 10.5 Å². The summed E-state index contributed by atoms with van der Waals surface area (Å²) in [5.74, 6) is -0.895. The summed E-state index contributed by atoms with van der Waals surface area (Å²) in [4.78, 5) is 24.5. The van der Waals surface area contributed by atoms with Crippen LogP contribution in [-0.4, -0.2) is 29.7 Å². The van der Waals surface area contributed by atoms with Gasteiger partial charge in [0.25, 0.3) is 0 Å². The summed E-state index contributed by atoms with van der Waals surface area (Å²) in [5.41, 5.74) is 3.94. The van der Waals surface area contributed by atoms with Crippen LogP contribution >= 0.6 is 0 Å². The number of anilines is 1. The number of carboxylic acid groups (broad SMARTS) is 1. The fourth-order valence-electron chi connectivity index (χ4n) is 2.75. The summed E-state index contributed by atoms with van der Waals surface area (Å²) < 4.78 is 0. The molecule has 5 heteroatoms. The van der Waals surface area contributed by atoms with Gasteiger partial charge >= 0.3 is 12.0 Å². The van der Waals surface area contributed by atoms with E-state index in [1.807, 2.05) is 32.9 Å². The third kappa shape index (κ3) is 2.54. The van der Waals surface area contributed by atoms with E-state index in [2.05, 4.69) is 5.32 Å². The highest BCUT2D eigenvalue weighted by molar-refractivity contribution is 5.97. The molecule has 19 heavy (non-hydrogen) atoms. The van der Waals surface area contributed by atoms with E-state index < -0.39 is 5.97 Å². The van der Waals surface area contributed by atoms with Gasteiger partial charge < -0.3 is 10.4 Å². The Bertz CT molecular complexity index is 516. The number of hydrogen-bond acceptors (Lipinski definition) is 2. The molecule has 5 nitrogen and oxygen atoms in total. The third-order valence-electron chi connectivity index (χ3n) is 3.36. The zero-order valence-corrected chi connectivity index (χ0v) is 11.4. The molecule has 1 saturated heterocycles. The van der Waals surface area contributed by atoms with Crippen molar-refractivity contribution < 1.29 is 14.7 Å². The van der Waals surface area contributed by atoms with Gasteiger partial charge in [0.05, 0.1) is 18.2 Å². The Morgan fingerprint density at radius 1 is 1.37 bits per heavy atom. The molecule has 2 amide bonds. The number of nitrogens with zero attached hydrogens (tertiary/aromatic N) is 1. The monoisotopic (exact) mass is 262 g/mol. The van der Waals surface area contributed by atoms with Crippen LogP contribution in [0.3, 0.4) is 0 Å². The van der Waals surface area contributed by atoms with Crippen LogP contribution in [0.25, 0.3) is 0 Å². The smallest absolute Gasteiger partial charge is 0.322 e. The Labute approximate surface area is 112 Å². The van der Waals surface area contributed by atoms with E-state index in [1.165, 1.54) is 0 Å². The number of aliphatic carboxylic acids is 1. The minimum atomic E-state index is -0.895. The van der Waals surface area contributed by atoms with E-state index in [-0.39, 0.29) is 18.5 Å². The molecule has 1 unspecified atom stereocenters. The molecule has 1 aliphatic rings. The van der Waals surface area contributed by atoms with E-state index in [9.17, 15) is 9.59 Å². The van der Waals surface area contributed by atoms with Gasteiger partial charge in [0, 0.05) is 6.54 Å². The molecular formula is C14H18N2O3. The molecule has 1 aromatic rings. The van der Waals surface area contributed by atoms with Crippen LogP contribution in [-0.2, 0) is 4.79 Å². The Morgan fingerprint density at radius 3 is 2.47 bits per heavy atom. The molecule has 102 valence electrons. The summed E-state index contributed by atoms with van der Waals surface area (Å²) in [6.07, 6.45) is -0.0501. The number of nitrogens with one attached hydrogen (secondary N) is 1. The van der Waals surface area contributed by atoms with E-state index >= 15 is 0 Å². The van der Waals surface area contributed by atoms with Crippen molar-refractivity contribution in [2.45, 2.75) is 33.2 Å². The number of carbonyl (C=O) groups excluding carboxylic acids is 1.